The van der Waals surface area contributed by atoms with Crippen LogP contribution in [0.1, 0.15) is 41.5 Å². The zero-order valence-electron chi connectivity index (χ0n) is 18.7. The van der Waals surface area contributed by atoms with Crippen molar-refractivity contribution < 1.29 is 0 Å². The van der Waals surface area contributed by atoms with Gasteiger partial charge in [-0.15, -0.1) is 0 Å². The Balaban J connectivity index is 2.26. The molecule has 28 heavy (non-hydrogen) atoms. The van der Waals surface area contributed by atoms with Gasteiger partial charge in [-0.25, -0.2) is 0 Å². The lowest BCUT2D eigenvalue weighted by molar-refractivity contribution is 1.19. The van der Waals surface area contributed by atoms with Gasteiger partial charge in [0.25, 0.3) is 0 Å². The van der Waals surface area contributed by atoms with Gasteiger partial charge in [0.1, 0.15) is 0 Å². The van der Waals surface area contributed by atoms with E-state index < -0.39 is 23.4 Å². The summed E-state index contributed by atoms with van der Waals surface area (Å²) in [5.74, 6) is 0. The van der Waals surface area contributed by atoms with Crippen LogP contribution in [0.3, 0.4) is 0 Å². The second kappa shape index (κ2) is 10.6. The molecule has 0 aliphatic rings. The zero-order chi connectivity index (χ0) is 20.8. The molecule has 0 nitrogen and oxygen atoms in total. The van der Waals surface area contributed by atoms with Crippen LogP contribution < -0.4 is 21.0 Å². The summed E-state index contributed by atoms with van der Waals surface area (Å²) in [4.78, 5) is 0. The number of rotatable bonds is 10. The molecule has 0 saturated carbocycles. The van der Waals surface area contributed by atoms with E-state index in [2.05, 4.69) is 90.1 Å². The fourth-order valence-electron chi connectivity index (χ4n) is 4.77. The smallest absolute Gasteiger partial charge is 0.0859 e. The molecule has 0 unspecified atom stereocenters. The first-order valence-electron chi connectivity index (χ1n) is 11.1. The topological polar surface area (TPSA) is 0 Å². The number of benzene rings is 2. The molecule has 0 aliphatic heterocycles. The minimum Gasteiger partial charge on any atom is -0.0859 e. The molecule has 154 valence electrons. The highest BCUT2D eigenvalue weighted by molar-refractivity contribution is 7.95. The predicted molar refractivity (Wildman–Crippen MR) is 139 cm³/mol. The van der Waals surface area contributed by atoms with E-state index in [0.717, 1.165) is 0 Å². The highest BCUT2D eigenvalue weighted by atomic mass is 35.7. The minimum absolute atomic E-state index is 0.790. The molecule has 0 N–H and O–H groups in total. The number of hydrogen-bond donors (Lipinski definition) is 0. The van der Waals surface area contributed by atoms with E-state index in [1.165, 1.54) is 46.9 Å². The summed E-state index contributed by atoms with van der Waals surface area (Å²) in [5.41, 5.74) is 0. The molecule has 0 fully saturated rings. The van der Waals surface area contributed by atoms with E-state index in [1.807, 2.05) is 0 Å². The van der Waals surface area contributed by atoms with Gasteiger partial charge in [0.15, 0.2) is 0 Å². The fourth-order valence-corrected chi connectivity index (χ4v) is 13.8. The molecule has 0 bridgehead atoms. The molecule has 0 amide bonds. The normalized spacial score (nSPS) is 12.6. The van der Waals surface area contributed by atoms with Crippen molar-refractivity contribution in [2.24, 2.45) is 0 Å². The van der Waals surface area contributed by atoms with Crippen LogP contribution in [-0.4, -0.2) is 16.1 Å². The Bertz CT molecular complexity index is 639. The predicted octanol–water partition coefficient (Wildman–Crippen LogP) is 6.70. The monoisotopic (exact) mass is 448 g/mol. The first-order chi connectivity index (χ1) is 13.5. The first-order valence-corrected chi connectivity index (χ1v) is 18.6. The minimum atomic E-state index is -1.30. The van der Waals surface area contributed by atoms with Gasteiger partial charge in [0.2, 0.25) is 0 Å². The average Bonchev–Trinajstić information content (AvgIpc) is 2.77. The van der Waals surface area contributed by atoms with Gasteiger partial charge in [-0.05, 0) is 10.6 Å². The Labute approximate surface area is 181 Å². The molecule has 0 aromatic heterocycles. The van der Waals surface area contributed by atoms with Crippen molar-refractivity contribution in [1.29, 1.82) is 0 Å². The summed E-state index contributed by atoms with van der Waals surface area (Å²) in [6.45, 7) is 14.2. The summed E-state index contributed by atoms with van der Waals surface area (Å²) >= 11 is 6.96. The van der Waals surface area contributed by atoms with Crippen LogP contribution in [-0.2, 0) is 0 Å². The molecule has 2 rings (SSSR count). The maximum atomic E-state index is 6.96. The molecule has 2 aromatic carbocycles. The van der Waals surface area contributed by atoms with Crippen molar-refractivity contribution in [3.63, 3.8) is 0 Å². The second-order valence-corrected chi connectivity index (χ2v) is 21.2. The average molecular weight is 449 g/mol. The highest BCUT2D eigenvalue weighted by Crippen LogP contribution is 2.38. The zero-order valence-corrected chi connectivity index (χ0v) is 22.3. The van der Waals surface area contributed by atoms with Crippen molar-refractivity contribution in [3.8, 4) is 0 Å². The summed E-state index contributed by atoms with van der Waals surface area (Å²) in [6, 6.07) is 26.7. The van der Waals surface area contributed by atoms with Crippen molar-refractivity contribution >= 4 is 55.6 Å². The third kappa shape index (κ3) is 4.67. The third-order valence-electron chi connectivity index (χ3n) is 7.47. The molecular weight excluding hydrogens is 411 g/mol. The fraction of sp³-hybridized carbons (Fsp3) is 0.500. The van der Waals surface area contributed by atoms with Crippen LogP contribution in [0.15, 0.2) is 48.5 Å². The Morgan fingerprint density at radius 2 is 0.786 bits per heavy atom. The van der Waals surface area contributed by atoms with E-state index >= 15 is 0 Å². The van der Waals surface area contributed by atoms with Crippen LogP contribution in [0, 0.1) is 0 Å². The first kappa shape index (κ1) is 23.9. The van der Waals surface area contributed by atoms with Crippen molar-refractivity contribution in [2.75, 3.05) is 0 Å². The van der Waals surface area contributed by atoms with Crippen LogP contribution in [0.5, 0.6) is 0 Å². The molecular formula is C24H38ClPSi2. The van der Waals surface area contributed by atoms with Crippen LogP contribution in [0.4, 0.5) is 0 Å². The number of halogens is 1. The Morgan fingerprint density at radius 3 is 1.00 bits per heavy atom. The quantitative estimate of drug-likeness (QED) is 0.280. The maximum Gasteiger partial charge on any atom is 0.0859 e. The Kier molecular flexibility index (Phi) is 9.01. The third-order valence-corrected chi connectivity index (χ3v) is 21.4. The molecule has 2 aromatic rings. The van der Waals surface area contributed by atoms with Gasteiger partial charge in [-0.3, -0.25) is 0 Å². The van der Waals surface area contributed by atoms with Gasteiger partial charge in [0, 0.05) is 0 Å². The molecule has 0 aliphatic carbocycles. The van der Waals surface area contributed by atoms with Crippen LogP contribution in [0.25, 0.3) is 0 Å². The van der Waals surface area contributed by atoms with E-state index in [1.54, 1.807) is 10.4 Å². The molecule has 0 heterocycles. The van der Waals surface area contributed by atoms with E-state index in [9.17, 15) is 0 Å². The largest absolute Gasteiger partial charge is 0.0859 e. The molecule has 0 saturated heterocycles. The lowest BCUT2D eigenvalue weighted by Gasteiger charge is -2.29. The Morgan fingerprint density at radius 1 is 0.536 bits per heavy atom. The van der Waals surface area contributed by atoms with Gasteiger partial charge >= 0.3 is 0 Å². The van der Waals surface area contributed by atoms with Crippen molar-refractivity contribution in [2.45, 2.75) is 77.8 Å². The standard InChI is InChI=1S/C24H38ClPSi2/c1-7-27(8-2,9-3)23-17-13-21(14-18-23)26(25)22-15-19-24(20-16-22)28(10-4,11-5)12-6/h13-20H,7-12H2,1-6H3. The van der Waals surface area contributed by atoms with E-state index in [0.29, 0.717) is 0 Å². The van der Waals surface area contributed by atoms with Crippen LogP contribution in [0.2, 0.25) is 36.3 Å². The highest BCUT2D eigenvalue weighted by Gasteiger charge is 2.30. The molecule has 0 radical (unpaired) electrons. The lowest BCUT2D eigenvalue weighted by atomic mass is 10.4. The molecule has 4 heteroatoms. The molecule has 0 atom stereocenters. The van der Waals surface area contributed by atoms with E-state index in [4.69, 9.17) is 11.2 Å². The second-order valence-electron chi connectivity index (χ2n) is 8.06. The number of hydrogen-bond acceptors (Lipinski definition) is 0. The summed E-state index contributed by atoms with van der Waals surface area (Å²) in [6.07, 6.45) is 0. The SMILES string of the molecule is CC[Si](CC)(CC)c1ccc(P(Cl)c2ccc([Si](CC)(CC)CC)cc2)cc1. The van der Waals surface area contributed by atoms with Crippen molar-refractivity contribution in [3.05, 3.63) is 48.5 Å². The van der Waals surface area contributed by atoms with Gasteiger partial charge < -0.3 is 0 Å². The van der Waals surface area contributed by atoms with Crippen LogP contribution >= 0.6 is 18.5 Å². The Hall–Kier alpha value is -0.406. The van der Waals surface area contributed by atoms with Gasteiger partial charge in [-0.1, -0.05) is 148 Å². The van der Waals surface area contributed by atoms with Crippen molar-refractivity contribution in [1.82, 2.24) is 0 Å². The summed E-state index contributed by atoms with van der Waals surface area (Å²) < 4.78 is 0. The lowest BCUT2D eigenvalue weighted by Crippen LogP contribution is -2.46. The molecule has 0 spiro atoms. The van der Waals surface area contributed by atoms with Gasteiger partial charge in [-0.2, -0.15) is 0 Å². The van der Waals surface area contributed by atoms with E-state index in [-0.39, 0.29) is 0 Å². The summed E-state index contributed by atoms with van der Waals surface area (Å²) in [7, 11) is -3.40. The van der Waals surface area contributed by atoms with Gasteiger partial charge in [0.05, 0.1) is 23.4 Å². The summed E-state index contributed by atoms with van der Waals surface area (Å²) in [5, 5.41) is 5.77. The maximum absolute atomic E-state index is 6.96.